The van der Waals surface area contributed by atoms with Gasteiger partial charge in [0.25, 0.3) is 5.76 Å². The second kappa shape index (κ2) is 4.44. The Bertz CT molecular complexity index is 280. The van der Waals surface area contributed by atoms with Crippen LogP contribution in [0.3, 0.4) is 0 Å². The van der Waals surface area contributed by atoms with E-state index in [1.54, 1.807) is 18.2 Å². The minimum atomic E-state index is -2.40. The Morgan fingerprint density at radius 2 is 2.08 bits per heavy atom. The van der Waals surface area contributed by atoms with Gasteiger partial charge in [0, 0.05) is 14.4 Å². The normalized spacial score (nSPS) is 10.8. The maximum atomic E-state index is 11.9. The Morgan fingerprint density at radius 1 is 1.42 bits per heavy atom. The third-order valence-electron chi connectivity index (χ3n) is 1.11. The van der Waals surface area contributed by atoms with Crippen molar-refractivity contribution in [1.82, 2.24) is 0 Å². The third kappa shape index (κ3) is 2.92. The Kier molecular flexibility index (Phi) is 3.80. The van der Waals surface area contributed by atoms with E-state index in [-0.39, 0.29) is 0 Å². The van der Waals surface area contributed by atoms with E-state index >= 15 is 0 Å². The highest BCUT2D eigenvalue weighted by molar-refractivity contribution is 9.10. The van der Waals surface area contributed by atoms with E-state index in [0.717, 1.165) is 0 Å². The average Bonchev–Trinajstić information content (AvgIpc) is 1.94. The molecule has 0 N–H and O–H groups in total. The molecule has 1 aromatic carbocycles. The van der Waals surface area contributed by atoms with Crippen LogP contribution in [-0.2, 0) is 0 Å². The highest BCUT2D eigenvalue weighted by Gasteiger charge is 2.08. The molecule has 1 aromatic rings. The van der Waals surface area contributed by atoms with E-state index in [4.69, 9.17) is 11.6 Å². The van der Waals surface area contributed by atoms with E-state index in [2.05, 4.69) is 15.9 Å². The molecule has 66 valence electrons. The van der Waals surface area contributed by atoms with Crippen LogP contribution in [0.4, 0.5) is 8.78 Å². The van der Waals surface area contributed by atoms with Gasteiger partial charge in [0.15, 0.2) is 0 Å². The van der Waals surface area contributed by atoms with Crippen LogP contribution in [0, 0.1) is 0 Å². The number of hydrogen-bond donors (Lipinski definition) is 0. The van der Waals surface area contributed by atoms with Crippen LogP contribution in [-0.4, -0.2) is 5.76 Å². The van der Waals surface area contributed by atoms with Crippen molar-refractivity contribution in [2.75, 3.05) is 0 Å². The standard InChI is InChI=1S/C7H4BrClF2S/c8-5-3-4(9)1-2-6(5)12-7(10)11/h1-3,7H. The van der Waals surface area contributed by atoms with Gasteiger partial charge in [-0.15, -0.1) is 0 Å². The van der Waals surface area contributed by atoms with E-state index < -0.39 is 5.76 Å². The van der Waals surface area contributed by atoms with Crippen LogP contribution >= 0.6 is 39.3 Å². The van der Waals surface area contributed by atoms with Gasteiger partial charge in [-0.1, -0.05) is 23.4 Å². The smallest absolute Gasteiger partial charge is 0.198 e. The highest BCUT2D eigenvalue weighted by atomic mass is 79.9. The molecule has 0 aliphatic rings. The van der Waals surface area contributed by atoms with Gasteiger partial charge in [-0.2, -0.15) is 8.78 Å². The molecular formula is C7H4BrClF2S. The van der Waals surface area contributed by atoms with Gasteiger partial charge in [0.2, 0.25) is 0 Å². The van der Waals surface area contributed by atoms with Gasteiger partial charge in [0.05, 0.1) is 0 Å². The third-order valence-corrected chi connectivity index (χ3v) is 3.05. The molecule has 0 unspecified atom stereocenters. The van der Waals surface area contributed by atoms with Crippen molar-refractivity contribution in [2.24, 2.45) is 0 Å². The monoisotopic (exact) mass is 272 g/mol. The molecule has 0 heterocycles. The largest absolute Gasteiger partial charge is 0.288 e. The summed E-state index contributed by atoms with van der Waals surface area (Å²) >= 11 is 9.26. The first-order valence-corrected chi connectivity index (χ1v) is 5.04. The summed E-state index contributed by atoms with van der Waals surface area (Å²) in [5.74, 6) is -2.40. The van der Waals surface area contributed by atoms with Crippen molar-refractivity contribution in [3.63, 3.8) is 0 Å². The van der Waals surface area contributed by atoms with Crippen molar-refractivity contribution in [3.8, 4) is 0 Å². The number of hydrogen-bond acceptors (Lipinski definition) is 1. The van der Waals surface area contributed by atoms with Crippen molar-refractivity contribution in [2.45, 2.75) is 10.7 Å². The highest BCUT2D eigenvalue weighted by Crippen LogP contribution is 2.33. The first kappa shape index (κ1) is 10.3. The van der Waals surface area contributed by atoms with Crippen LogP contribution in [0.15, 0.2) is 27.6 Å². The first-order valence-electron chi connectivity index (χ1n) is 2.99. The molecule has 1 rings (SSSR count). The second-order valence-corrected chi connectivity index (χ2v) is 4.28. The zero-order valence-corrected chi connectivity index (χ0v) is 8.89. The van der Waals surface area contributed by atoms with Crippen molar-refractivity contribution in [3.05, 3.63) is 27.7 Å². The number of thioether (sulfide) groups is 1. The predicted octanol–water partition coefficient (Wildman–Crippen LogP) is 4.42. The van der Waals surface area contributed by atoms with Crippen LogP contribution < -0.4 is 0 Å². The summed E-state index contributed by atoms with van der Waals surface area (Å²) in [5.41, 5.74) is 0. The number of alkyl halides is 2. The lowest BCUT2D eigenvalue weighted by Crippen LogP contribution is -1.82. The summed E-state index contributed by atoms with van der Waals surface area (Å²) in [5, 5.41) is 0.528. The molecule has 0 bridgehead atoms. The molecule has 0 fully saturated rings. The molecule has 5 heteroatoms. The van der Waals surface area contributed by atoms with Gasteiger partial charge in [-0.05, 0) is 34.1 Å². The Labute approximate surface area is 86.4 Å². The Morgan fingerprint density at radius 3 is 2.58 bits per heavy atom. The molecule has 0 radical (unpaired) electrons. The van der Waals surface area contributed by atoms with Crippen molar-refractivity contribution in [1.29, 1.82) is 0 Å². The van der Waals surface area contributed by atoms with E-state index in [9.17, 15) is 8.78 Å². The fourth-order valence-corrected chi connectivity index (χ4v) is 2.14. The number of benzene rings is 1. The van der Waals surface area contributed by atoms with Gasteiger partial charge in [-0.3, -0.25) is 0 Å². The molecule has 0 saturated carbocycles. The molecule has 0 aliphatic carbocycles. The summed E-state index contributed by atoms with van der Waals surface area (Å²) in [4.78, 5) is 0.495. The maximum Gasteiger partial charge on any atom is 0.288 e. The lowest BCUT2D eigenvalue weighted by atomic mass is 10.4. The van der Waals surface area contributed by atoms with Gasteiger partial charge in [-0.25, -0.2) is 0 Å². The summed E-state index contributed by atoms with van der Waals surface area (Å²) in [6.07, 6.45) is 0. The van der Waals surface area contributed by atoms with Gasteiger partial charge in [0.1, 0.15) is 0 Å². The molecule has 0 atom stereocenters. The Hall–Kier alpha value is 0.200. The fraction of sp³-hybridized carbons (Fsp3) is 0.143. The minimum Gasteiger partial charge on any atom is -0.198 e. The second-order valence-electron chi connectivity index (χ2n) is 1.95. The van der Waals surface area contributed by atoms with Crippen LogP contribution in [0.5, 0.6) is 0 Å². The zero-order valence-electron chi connectivity index (χ0n) is 5.73. The molecule has 0 amide bonds. The van der Waals surface area contributed by atoms with Gasteiger partial charge < -0.3 is 0 Å². The topological polar surface area (TPSA) is 0 Å². The van der Waals surface area contributed by atoms with Crippen LogP contribution in [0.2, 0.25) is 5.02 Å². The minimum absolute atomic E-state index is 0.495. The molecule has 0 saturated heterocycles. The molecular weight excluding hydrogens is 269 g/mol. The maximum absolute atomic E-state index is 11.9. The van der Waals surface area contributed by atoms with Crippen molar-refractivity contribution >= 4 is 39.3 Å². The Balaban J connectivity index is 2.86. The fourth-order valence-electron chi connectivity index (χ4n) is 0.667. The van der Waals surface area contributed by atoms with Crippen LogP contribution in [0.1, 0.15) is 0 Å². The number of rotatable bonds is 2. The lowest BCUT2D eigenvalue weighted by molar-refractivity contribution is 0.252. The SMILES string of the molecule is FC(F)Sc1ccc(Cl)cc1Br. The molecule has 12 heavy (non-hydrogen) atoms. The lowest BCUT2D eigenvalue weighted by Gasteiger charge is -2.02. The first-order chi connectivity index (χ1) is 5.59. The van der Waals surface area contributed by atoms with Crippen molar-refractivity contribution < 1.29 is 8.78 Å². The summed E-state index contributed by atoms with van der Waals surface area (Å²) in [7, 11) is 0. The summed E-state index contributed by atoms with van der Waals surface area (Å²) < 4.78 is 24.4. The summed E-state index contributed by atoms with van der Waals surface area (Å²) in [6.45, 7) is 0. The molecule has 0 aliphatic heterocycles. The summed E-state index contributed by atoms with van der Waals surface area (Å²) in [6, 6.07) is 4.73. The molecule has 0 spiro atoms. The molecule has 0 nitrogen and oxygen atoms in total. The molecule has 0 aromatic heterocycles. The average molecular weight is 274 g/mol. The number of halogens is 4. The zero-order chi connectivity index (χ0) is 9.14. The van der Waals surface area contributed by atoms with Gasteiger partial charge >= 0.3 is 0 Å². The predicted molar refractivity (Wildman–Crippen MR) is 51.0 cm³/mol. The quantitative estimate of drug-likeness (QED) is 0.719. The van der Waals surface area contributed by atoms with E-state index in [1.165, 1.54) is 0 Å². The van der Waals surface area contributed by atoms with E-state index in [1.807, 2.05) is 0 Å². The van der Waals surface area contributed by atoms with Crippen LogP contribution in [0.25, 0.3) is 0 Å². The van der Waals surface area contributed by atoms with E-state index in [0.29, 0.717) is 26.2 Å².